The van der Waals surface area contributed by atoms with Crippen molar-refractivity contribution >= 4 is 35.0 Å². The summed E-state index contributed by atoms with van der Waals surface area (Å²) < 4.78 is 16.8. The molecule has 2 aliphatic carbocycles. The summed E-state index contributed by atoms with van der Waals surface area (Å²) in [6, 6.07) is 1.57. The lowest BCUT2D eigenvalue weighted by Gasteiger charge is -2.39. The lowest BCUT2D eigenvalue weighted by molar-refractivity contribution is -0.124. The number of carbonyl (C=O) groups excluding carboxylic acids is 2. The van der Waals surface area contributed by atoms with Gasteiger partial charge in [0.25, 0.3) is 0 Å². The summed E-state index contributed by atoms with van der Waals surface area (Å²) in [6.45, 7) is 9.22. The van der Waals surface area contributed by atoms with E-state index in [9.17, 15) is 19.5 Å². The van der Waals surface area contributed by atoms with Crippen LogP contribution in [0.5, 0.6) is 0 Å². The SMILES string of the molecule is CC(C)(C)C#Cc1cc(N(C(=O)[C@H]2CC[C@H](C)CC2)[C@H]2CC[C@H](NC(=O)O[C@H]3CO[C@H]4OCC[C@H]43)CC2)c(C(=O)O)s1. The second kappa shape index (κ2) is 12.9. The predicted octanol–water partition coefficient (Wildman–Crippen LogP) is 5.80. The Hall–Kier alpha value is -2.61. The van der Waals surface area contributed by atoms with Gasteiger partial charge in [-0.15, -0.1) is 11.3 Å². The molecule has 0 unspecified atom stereocenters. The first-order valence-electron chi connectivity index (χ1n) is 15.4. The second-order valence-electron chi connectivity index (χ2n) is 13.4. The third-order valence-corrected chi connectivity index (χ3v) is 9.98. The van der Waals surface area contributed by atoms with Crippen LogP contribution in [0.4, 0.5) is 10.5 Å². The van der Waals surface area contributed by atoms with E-state index in [0.717, 1.165) is 43.4 Å². The van der Waals surface area contributed by atoms with Crippen LogP contribution in [0.3, 0.4) is 0 Å². The standard InChI is InChI=1S/C32H44N2O7S/c1-19-5-7-20(8-6-19)28(35)34(25-17-23(13-15-32(2,3)4)42-27(25)29(36)37)22-11-9-21(10-12-22)33-31(38)41-26-18-40-30-24(26)14-16-39-30/h17,19-22,24,26,30H,5-12,14,16,18H2,1-4H3,(H,33,38)(H,36,37)/t19-,20-,21-,22-,24-,26-,30+/m0/s1. The largest absolute Gasteiger partial charge is 0.477 e. The highest BCUT2D eigenvalue weighted by molar-refractivity contribution is 7.15. The number of hydrogen-bond acceptors (Lipinski definition) is 7. The predicted molar refractivity (Wildman–Crippen MR) is 159 cm³/mol. The number of fused-ring (bicyclic) bond motifs is 1. The number of nitrogens with one attached hydrogen (secondary N) is 1. The van der Waals surface area contributed by atoms with Crippen molar-refractivity contribution in [2.24, 2.45) is 23.2 Å². The molecule has 3 heterocycles. The van der Waals surface area contributed by atoms with Gasteiger partial charge in [-0.25, -0.2) is 9.59 Å². The summed E-state index contributed by atoms with van der Waals surface area (Å²) in [5, 5.41) is 13.2. The minimum atomic E-state index is -1.04. The number of anilines is 1. The molecular formula is C32H44N2O7S. The molecule has 2 saturated heterocycles. The van der Waals surface area contributed by atoms with Crippen LogP contribution in [0.1, 0.15) is 100 Å². The number of thiophene rings is 1. The lowest BCUT2D eigenvalue weighted by Crippen LogP contribution is -2.49. The number of carboxylic acids is 1. The van der Waals surface area contributed by atoms with Gasteiger partial charge in [0, 0.05) is 23.4 Å². The number of rotatable bonds is 6. The Morgan fingerprint density at radius 3 is 2.43 bits per heavy atom. The molecule has 0 bridgehead atoms. The second-order valence-corrected chi connectivity index (χ2v) is 14.5. The molecule has 0 aromatic carbocycles. The Labute approximate surface area is 252 Å². The topological polar surface area (TPSA) is 114 Å². The van der Waals surface area contributed by atoms with Gasteiger partial charge >= 0.3 is 12.1 Å². The van der Waals surface area contributed by atoms with Gasteiger partial charge in [-0.3, -0.25) is 4.79 Å². The van der Waals surface area contributed by atoms with Crippen molar-refractivity contribution in [1.29, 1.82) is 0 Å². The van der Waals surface area contributed by atoms with Crippen LogP contribution < -0.4 is 10.2 Å². The van der Waals surface area contributed by atoms with Gasteiger partial charge in [-0.05, 0) is 90.5 Å². The molecule has 2 aliphatic heterocycles. The van der Waals surface area contributed by atoms with E-state index >= 15 is 0 Å². The van der Waals surface area contributed by atoms with Gasteiger partial charge in [-0.2, -0.15) is 0 Å². The molecule has 230 valence electrons. The number of carboxylic acid groups (broad SMARTS) is 1. The van der Waals surface area contributed by atoms with E-state index in [1.807, 2.05) is 20.8 Å². The molecule has 9 nitrogen and oxygen atoms in total. The Kier molecular flexibility index (Phi) is 9.50. The van der Waals surface area contributed by atoms with Crippen molar-refractivity contribution < 1.29 is 33.7 Å². The summed E-state index contributed by atoms with van der Waals surface area (Å²) >= 11 is 1.14. The summed E-state index contributed by atoms with van der Waals surface area (Å²) in [7, 11) is 0. The van der Waals surface area contributed by atoms with Crippen molar-refractivity contribution in [3.05, 3.63) is 15.8 Å². The van der Waals surface area contributed by atoms with Crippen LogP contribution in [-0.4, -0.2) is 60.8 Å². The number of nitrogens with zero attached hydrogens (tertiary/aromatic N) is 1. The first-order chi connectivity index (χ1) is 20.0. The Morgan fingerprint density at radius 2 is 1.76 bits per heavy atom. The smallest absolute Gasteiger partial charge is 0.407 e. The fourth-order valence-corrected chi connectivity index (χ4v) is 7.43. The number of aromatic carboxylic acids is 1. The zero-order chi connectivity index (χ0) is 30.0. The van der Waals surface area contributed by atoms with E-state index in [1.54, 1.807) is 11.0 Å². The summed E-state index contributed by atoms with van der Waals surface area (Å²) in [5.74, 6) is 5.88. The molecule has 0 radical (unpaired) electrons. The maximum absolute atomic E-state index is 14.1. The highest BCUT2D eigenvalue weighted by atomic mass is 32.1. The van der Waals surface area contributed by atoms with E-state index in [0.29, 0.717) is 55.4 Å². The Balaban J connectivity index is 1.30. The summed E-state index contributed by atoms with van der Waals surface area (Å²) in [5.41, 5.74) is 0.228. The monoisotopic (exact) mass is 600 g/mol. The zero-order valence-electron chi connectivity index (χ0n) is 25.1. The van der Waals surface area contributed by atoms with Gasteiger partial charge in [0.2, 0.25) is 5.91 Å². The molecule has 10 heteroatoms. The van der Waals surface area contributed by atoms with Gasteiger partial charge in [0.05, 0.1) is 29.7 Å². The lowest BCUT2D eigenvalue weighted by atomic mass is 9.81. The first-order valence-corrected chi connectivity index (χ1v) is 16.2. The van der Waals surface area contributed by atoms with Gasteiger partial charge < -0.3 is 29.5 Å². The van der Waals surface area contributed by atoms with Crippen molar-refractivity contribution in [1.82, 2.24) is 5.32 Å². The minimum Gasteiger partial charge on any atom is -0.477 e. The molecule has 2 N–H and O–H groups in total. The van der Waals surface area contributed by atoms with Crippen molar-refractivity contribution in [3.63, 3.8) is 0 Å². The van der Waals surface area contributed by atoms with Gasteiger partial charge in [0.1, 0.15) is 11.0 Å². The molecule has 0 spiro atoms. The molecule has 4 fully saturated rings. The number of ether oxygens (including phenoxy) is 3. The van der Waals surface area contributed by atoms with Crippen LogP contribution in [0.15, 0.2) is 6.07 Å². The van der Waals surface area contributed by atoms with E-state index in [-0.39, 0.29) is 52.5 Å². The van der Waals surface area contributed by atoms with E-state index in [4.69, 9.17) is 14.2 Å². The Bertz CT molecular complexity index is 1210. The van der Waals surface area contributed by atoms with Crippen LogP contribution in [-0.2, 0) is 19.0 Å². The summed E-state index contributed by atoms with van der Waals surface area (Å²) in [6.07, 6.45) is 6.09. The maximum Gasteiger partial charge on any atom is 0.407 e. The third kappa shape index (κ3) is 7.29. The zero-order valence-corrected chi connectivity index (χ0v) is 26.0. The molecule has 2 amide bonds. The van der Waals surface area contributed by atoms with Crippen LogP contribution >= 0.6 is 11.3 Å². The summed E-state index contributed by atoms with van der Waals surface area (Å²) in [4.78, 5) is 41.8. The van der Waals surface area contributed by atoms with Gasteiger partial charge in [-0.1, -0.05) is 18.8 Å². The average Bonchev–Trinajstić information content (AvgIpc) is 3.66. The number of carbonyl (C=O) groups is 3. The highest BCUT2D eigenvalue weighted by Crippen LogP contribution is 2.39. The number of amides is 2. The number of hydrogen-bond donors (Lipinski definition) is 2. The minimum absolute atomic E-state index is 0.0166. The van der Waals surface area contributed by atoms with Gasteiger partial charge in [0.15, 0.2) is 6.29 Å². The van der Waals surface area contributed by atoms with Crippen LogP contribution in [0, 0.1) is 35.0 Å². The average molecular weight is 601 g/mol. The normalized spacial score (nSPS) is 31.0. The Morgan fingerprint density at radius 1 is 1.05 bits per heavy atom. The van der Waals surface area contributed by atoms with E-state index in [1.165, 1.54) is 0 Å². The molecule has 3 atom stereocenters. The van der Waals surface area contributed by atoms with Crippen LogP contribution in [0.2, 0.25) is 0 Å². The molecule has 42 heavy (non-hydrogen) atoms. The molecule has 1 aromatic heterocycles. The van der Waals surface area contributed by atoms with Crippen molar-refractivity contribution in [3.8, 4) is 11.8 Å². The third-order valence-electron chi connectivity index (χ3n) is 8.96. The molecular weight excluding hydrogens is 556 g/mol. The molecule has 4 aliphatic rings. The fourth-order valence-electron chi connectivity index (χ4n) is 6.59. The number of alkyl carbamates (subject to hydrolysis) is 1. The van der Waals surface area contributed by atoms with Crippen molar-refractivity contribution in [2.45, 2.75) is 110 Å². The van der Waals surface area contributed by atoms with E-state index in [2.05, 4.69) is 24.1 Å². The first kappa shape index (κ1) is 30.8. The van der Waals surface area contributed by atoms with Crippen LogP contribution in [0.25, 0.3) is 0 Å². The van der Waals surface area contributed by atoms with E-state index < -0.39 is 12.1 Å². The molecule has 5 rings (SSSR count). The highest BCUT2D eigenvalue weighted by Gasteiger charge is 2.44. The molecule has 1 aromatic rings. The maximum atomic E-state index is 14.1. The quantitative estimate of drug-likeness (QED) is 0.397. The molecule has 2 saturated carbocycles. The fraction of sp³-hybridized carbons (Fsp3) is 0.719. The van der Waals surface area contributed by atoms with Crippen molar-refractivity contribution in [2.75, 3.05) is 18.1 Å².